The molecule has 0 saturated carbocycles. The predicted octanol–water partition coefficient (Wildman–Crippen LogP) is 5.65. The van der Waals surface area contributed by atoms with Gasteiger partial charge in [0.25, 0.3) is 0 Å². The Balaban J connectivity index is 1.79. The number of amidine groups is 1. The van der Waals surface area contributed by atoms with Crippen LogP contribution in [-0.4, -0.2) is 17.0 Å². The molecule has 3 rings (SSSR count). The van der Waals surface area contributed by atoms with Gasteiger partial charge >= 0.3 is 0 Å². The molecule has 1 atom stereocenters. The summed E-state index contributed by atoms with van der Waals surface area (Å²) in [4.78, 5) is 4.55. The van der Waals surface area contributed by atoms with Crippen molar-refractivity contribution in [2.75, 3.05) is 11.9 Å². The van der Waals surface area contributed by atoms with E-state index in [1.54, 1.807) is 17.8 Å². The summed E-state index contributed by atoms with van der Waals surface area (Å²) in [6, 6.07) is 1.70. The van der Waals surface area contributed by atoms with Crippen molar-refractivity contribution in [2.24, 2.45) is 19.6 Å². The van der Waals surface area contributed by atoms with Crippen LogP contribution in [0.4, 0.5) is 17.1 Å². The number of thioether (sulfide) groups is 1. The number of aliphatic imine (C=N–C) groups is 1. The average Bonchev–Trinajstić information content (AvgIpc) is 3.02. The van der Waals surface area contributed by atoms with E-state index in [1.807, 2.05) is 0 Å². The van der Waals surface area contributed by atoms with Crippen LogP contribution in [-0.2, 0) is 11.4 Å². The van der Waals surface area contributed by atoms with Crippen LogP contribution in [0.3, 0.4) is 0 Å². The lowest BCUT2D eigenvalue weighted by Gasteiger charge is -2.13. The molecule has 1 unspecified atom stereocenters. The minimum atomic E-state index is 0.521. The van der Waals surface area contributed by atoms with Crippen LogP contribution in [0, 0.1) is 5.92 Å². The number of hydrogen-bond donors (Lipinski definition) is 1. The summed E-state index contributed by atoms with van der Waals surface area (Å²) in [7, 11) is 0. The second kappa shape index (κ2) is 6.28. The van der Waals surface area contributed by atoms with Crippen LogP contribution in [0.15, 0.2) is 19.8 Å². The minimum Gasteiger partial charge on any atom is -0.332 e. The number of nitrogens with zero attached hydrogens (tertiary/aromatic N) is 3. The van der Waals surface area contributed by atoms with Crippen LogP contribution in [0.5, 0.6) is 0 Å². The molecule has 1 N–H and O–H groups in total. The third kappa shape index (κ3) is 3.28. The van der Waals surface area contributed by atoms with Gasteiger partial charge in [0.2, 0.25) is 0 Å². The fraction of sp³-hybridized carbons (Fsp3) is 0.462. The van der Waals surface area contributed by atoms with Gasteiger partial charge in [-0.25, -0.2) is 0 Å². The Kier molecular flexibility index (Phi) is 4.59. The molecule has 1 aromatic rings. The van der Waals surface area contributed by atoms with E-state index in [9.17, 15) is 0 Å². The summed E-state index contributed by atoms with van der Waals surface area (Å²) < 4.78 is 8.49. The van der Waals surface area contributed by atoms with Gasteiger partial charge in [0.05, 0.1) is 33.6 Å². The van der Waals surface area contributed by atoms with E-state index in [0.717, 1.165) is 35.2 Å². The van der Waals surface area contributed by atoms with Crippen molar-refractivity contribution >= 4 is 68.5 Å². The van der Waals surface area contributed by atoms with Gasteiger partial charge in [-0.2, -0.15) is 8.73 Å². The van der Waals surface area contributed by atoms with Crippen molar-refractivity contribution in [3.63, 3.8) is 0 Å². The number of hydrogen-bond acceptors (Lipinski definition) is 5. The van der Waals surface area contributed by atoms with Gasteiger partial charge in [0.1, 0.15) is 11.4 Å². The zero-order chi connectivity index (χ0) is 15.0. The number of nitrogens with one attached hydrogen (secondary N) is 1. The SMILES string of the molecule is CC(C)CC1CN=C(Nc2c(Cl)cc(Cl)c3c2N=S=N3)S1. The highest BCUT2D eigenvalue weighted by molar-refractivity contribution is 8.15. The van der Waals surface area contributed by atoms with Gasteiger partial charge in [-0.05, 0) is 18.4 Å². The first-order valence-electron chi connectivity index (χ1n) is 6.63. The molecule has 1 aromatic carbocycles. The lowest BCUT2D eigenvalue weighted by Crippen LogP contribution is -2.10. The van der Waals surface area contributed by atoms with Gasteiger partial charge in [-0.1, -0.05) is 48.8 Å². The number of anilines is 1. The van der Waals surface area contributed by atoms with E-state index in [2.05, 4.69) is 32.9 Å². The van der Waals surface area contributed by atoms with E-state index >= 15 is 0 Å². The quantitative estimate of drug-likeness (QED) is 0.768. The molecule has 0 fully saturated rings. The monoisotopic (exact) mass is 360 g/mol. The van der Waals surface area contributed by atoms with E-state index in [-0.39, 0.29) is 0 Å². The fourth-order valence-electron chi connectivity index (χ4n) is 2.23. The van der Waals surface area contributed by atoms with Gasteiger partial charge < -0.3 is 5.32 Å². The maximum Gasteiger partial charge on any atom is 0.161 e. The molecule has 4 nitrogen and oxygen atoms in total. The zero-order valence-corrected chi connectivity index (χ0v) is 14.7. The number of fused-ring (bicyclic) bond motifs is 1. The summed E-state index contributed by atoms with van der Waals surface area (Å²) in [5, 5.41) is 5.77. The highest BCUT2D eigenvalue weighted by Crippen LogP contribution is 2.48. The van der Waals surface area contributed by atoms with E-state index in [1.165, 1.54) is 0 Å². The van der Waals surface area contributed by atoms with Crippen molar-refractivity contribution in [2.45, 2.75) is 25.5 Å². The molecule has 0 bridgehead atoms. The third-order valence-corrected chi connectivity index (χ3v) is 5.37. The van der Waals surface area contributed by atoms with Gasteiger partial charge in [0.15, 0.2) is 5.17 Å². The molecule has 2 aliphatic heterocycles. The molecular formula is C13H14Cl2N4S2. The first-order valence-corrected chi connectivity index (χ1v) is 8.99. The van der Waals surface area contributed by atoms with Gasteiger partial charge in [-0.3, -0.25) is 4.99 Å². The lowest BCUT2D eigenvalue weighted by molar-refractivity contribution is 0.575. The van der Waals surface area contributed by atoms with Gasteiger partial charge in [0, 0.05) is 5.25 Å². The smallest absolute Gasteiger partial charge is 0.161 e. The van der Waals surface area contributed by atoms with Crippen molar-refractivity contribution < 1.29 is 0 Å². The summed E-state index contributed by atoms with van der Waals surface area (Å²) in [5.41, 5.74) is 2.12. The van der Waals surface area contributed by atoms with E-state index in [4.69, 9.17) is 23.2 Å². The number of rotatable bonds is 3. The summed E-state index contributed by atoms with van der Waals surface area (Å²) >= 11 is 15.3. The van der Waals surface area contributed by atoms with E-state index < -0.39 is 0 Å². The Hall–Kier alpha value is -0.560. The molecule has 0 spiro atoms. The second-order valence-corrected chi connectivity index (χ2v) is 7.95. The van der Waals surface area contributed by atoms with E-state index in [0.29, 0.717) is 32.6 Å². The predicted molar refractivity (Wildman–Crippen MR) is 94.8 cm³/mol. The Labute approximate surface area is 141 Å². The normalized spacial score (nSPS) is 19.7. The van der Waals surface area contributed by atoms with Crippen LogP contribution < -0.4 is 5.32 Å². The van der Waals surface area contributed by atoms with Crippen LogP contribution in [0.2, 0.25) is 10.0 Å². The molecule has 2 heterocycles. The molecule has 0 aliphatic carbocycles. The molecule has 0 amide bonds. The van der Waals surface area contributed by atoms with Crippen LogP contribution in [0.1, 0.15) is 20.3 Å². The fourth-order valence-corrected chi connectivity index (χ4v) is 4.65. The third-order valence-electron chi connectivity index (χ3n) is 3.13. The molecular weight excluding hydrogens is 347 g/mol. The van der Waals surface area contributed by atoms with Crippen molar-refractivity contribution in [3.8, 4) is 0 Å². The molecule has 0 radical (unpaired) electrons. The summed E-state index contributed by atoms with van der Waals surface area (Å²) in [6.07, 6.45) is 1.15. The summed E-state index contributed by atoms with van der Waals surface area (Å²) in [5.74, 6) is 0.672. The first-order chi connectivity index (χ1) is 10.0. The average molecular weight is 361 g/mol. The van der Waals surface area contributed by atoms with Crippen molar-refractivity contribution in [1.29, 1.82) is 0 Å². The van der Waals surface area contributed by atoms with Gasteiger partial charge in [-0.15, -0.1) is 0 Å². The molecule has 0 saturated heterocycles. The highest BCUT2D eigenvalue weighted by Gasteiger charge is 2.24. The zero-order valence-electron chi connectivity index (χ0n) is 11.6. The maximum atomic E-state index is 6.29. The maximum absolute atomic E-state index is 6.29. The Morgan fingerprint density at radius 2 is 2.05 bits per heavy atom. The Bertz CT molecular complexity index is 681. The van der Waals surface area contributed by atoms with Crippen molar-refractivity contribution in [1.82, 2.24) is 0 Å². The largest absolute Gasteiger partial charge is 0.332 e. The highest BCUT2D eigenvalue weighted by atomic mass is 35.5. The molecule has 21 heavy (non-hydrogen) atoms. The number of halogens is 2. The summed E-state index contributed by atoms with van der Waals surface area (Å²) in [6.45, 7) is 5.30. The standard InChI is InChI=1S/C13H14Cl2N4S2/c1-6(2)3-7-5-16-13(20-7)17-10-8(14)4-9(15)11-12(10)19-21-18-11/h4,6-7H,3,5H2,1-2H3,(H,16,17). The molecule has 8 heteroatoms. The topological polar surface area (TPSA) is 49.1 Å². The molecule has 112 valence electrons. The van der Waals surface area contributed by atoms with Crippen molar-refractivity contribution in [3.05, 3.63) is 16.1 Å². The Morgan fingerprint density at radius 3 is 2.81 bits per heavy atom. The lowest BCUT2D eigenvalue weighted by atomic mass is 10.1. The minimum absolute atomic E-state index is 0.521. The molecule has 2 aliphatic rings. The molecule has 0 aromatic heterocycles. The second-order valence-electron chi connectivity index (χ2n) is 5.32. The van der Waals surface area contributed by atoms with Crippen LogP contribution in [0.25, 0.3) is 0 Å². The van der Waals surface area contributed by atoms with Crippen LogP contribution >= 0.6 is 35.0 Å². The Morgan fingerprint density at radius 1 is 1.29 bits per heavy atom. The number of benzene rings is 1. The first kappa shape index (κ1) is 15.3.